The van der Waals surface area contributed by atoms with Gasteiger partial charge < -0.3 is 4.90 Å². The molecule has 0 bridgehead atoms. The number of aromatic nitrogens is 3. The number of anilines is 1. The predicted molar refractivity (Wildman–Crippen MR) is 71.7 cm³/mol. The van der Waals surface area contributed by atoms with Crippen molar-refractivity contribution >= 4 is 28.9 Å². The molecule has 2 aromatic rings. The number of pyridine rings is 1. The van der Waals surface area contributed by atoms with Crippen LogP contribution < -0.4 is 4.90 Å². The largest absolute Gasteiger partial charge is 0.312 e. The molecule has 2 heterocycles. The lowest BCUT2D eigenvalue weighted by atomic mass is 10.4. The maximum absolute atomic E-state index is 11.3. The zero-order valence-electron chi connectivity index (χ0n) is 10.3. The van der Waals surface area contributed by atoms with Crippen LogP contribution in [0.1, 0.15) is 6.92 Å². The molecule has 0 aliphatic heterocycles. The van der Waals surface area contributed by atoms with E-state index in [2.05, 4.69) is 14.9 Å². The molecular weight excluding hydrogens is 266 g/mol. The van der Waals surface area contributed by atoms with Gasteiger partial charge in [0, 0.05) is 26.4 Å². The van der Waals surface area contributed by atoms with Gasteiger partial charge in [0.05, 0.1) is 18.5 Å². The average Bonchev–Trinajstić information content (AvgIpc) is 2.80. The van der Waals surface area contributed by atoms with Crippen LogP contribution in [0.2, 0.25) is 5.15 Å². The Balaban J connectivity index is 2.45. The molecule has 6 nitrogen and oxygen atoms in total. The van der Waals surface area contributed by atoms with Crippen LogP contribution in [0.3, 0.4) is 0 Å². The number of carbonyl (C=O) groups excluding carboxylic acids is 1. The predicted octanol–water partition coefficient (Wildman–Crippen LogP) is 2.45. The Morgan fingerprint density at radius 2 is 2.26 bits per heavy atom. The molecule has 1 amide bonds. The van der Waals surface area contributed by atoms with Gasteiger partial charge in [-0.15, -0.1) is 0 Å². The third-order valence-electron chi connectivity index (χ3n) is 2.59. The lowest BCUT2D eigenvalue weighted by Gasteiger charge is -2.11. The van der Waals surface area contributed by atoms with Gasteiger partial charge >= 0.3 is 0 Å². The minimum atomic E-state index is -0.144. The van der Waals surface area contributed by atoms with Gasteiger partial charge in [-0.1, -0.05) is 11.6 Å². The number of rotatable bonds is 2. The van der Waals surface area contributed by atoms with Crippen molar-refractivity contribution in [2.75, 3.05) is 11.9 Å². The molecule has 0 aromatic carbocycles. The average molecular weight is 276 g/mol. The molecule has 0 fully saturated rings. The SMILES string of the molecule is [C-]#[N+]c1cncc(-n2cc(N(C)C(C)=O)c(Cl)n2)c1. The van der Waals surface area contributed by atoms with Crippen LogP contribution >= 0.6 is 11.6 Å². The highest BCUT2D eigenvalue weighted by atomic mass is 35.5. The molecule has 0 saturated carbocycles. The molecule has 0 N–H and O–H groups in total. The molecule has 0 atom stereocenters. The van der Waals surface area contributed by atoms with Crippen LogP contribution in [-0.2, 0) is 4.79 Å². The van der Waals surface area contributed by atoms with Gasteiger partial charge in [0.1, 0.15) is 5.69 Å². The van der Waals surface area contributed by atoms with E-state index in [4.69, 9.17) is 18.2 Å². The normalized spacial score (nSPS) is 10.0. The van der Waals surface area contributed by atoms with E-state index >= 15 is 0 Å². The summed E-state index contributed by atoms with van der Waals surface area (Å²) < 4.78 is 1.48. The summed E-state index contributed by atoms with van der Waals surface area (Å²) in [4.78, 5) is 20.0. The van der Waals surface area contributed by atoms with Gasteiger partial charge in [-0.3, -0.25) is 9.78 Å². The lowest BCUT2D eigenvalue weighted by molar-refractivity contribution is -0.116. The summed E-state index contributed by atoms with van der Waals surface area (Å²) >= 11 is 6.00. The number of carbonyl (C=O) groups is 1. The molecule has 2 rings (SSSR count). The first-order chi connectivity index (χ1) is 9.02. The van der Waals surface area contributed by atoms with E-state index in [1.807, 2.05) is 0 Å². The minimum absolute atomic E-state index is 0.144. The summed E-state index contributed by atoms with van der Waals surface area (Å²) in [7, 11) is 1.61. The van der Waals surface area contributed by atoms with E-state index < -0.39 is 0 Å². The second-order valence-electron chi connectivity index (χ2n) is 3.84. The van der Waals surface area contributed by atoms with Crippen LogP contribution in [-0.4, -0.2) is 27.7 Å². The number of nitrogens with zero attached hydrogens (tertiary/aromatic N) is 5. The summed E-state index contributed by atoms with van der Waals surface area (Å²) in [5, 5.41) is 4.32. The Labute approximate surface area is 115 Å². The lowest BCUT2D eigenvalue weighted by Crippen LogP contribution is -2.22. The van der Waals surface area contributed by atoms with E-state index in [0.717, 1.165) is 0 Å². The summed E-state index contributed by atoms with van der Waals surface area (Å²) in [6.45, 7) is 8.39. The van der Waals surface area contributed by atoms with Gasteiger partial charge in [-0.05, 0) is 6.07 Å². The molecule has 0 aliphatic rings. The molecule has 0 radical (unpaired) electrons. The van der Waals surface area contributed by atoms with Crippen molar-refractivity contribution in [2.45, 2.75) is 6.92 Å². The summed E-state index contributed by atoms with van der Waals surface area (Å²) in [6.07, 6.45) is 4.65. The molecule has 0 spiro atoms. The van der Waals surface area contributed by atoms with Crippen molar-refractivity contribution in [3.05, 3.63) is 41.2 Å². The molecule has 0 unspecified atom stereocenters. The highest BCUT2D eigenvalue weighted by Crippen LogP contribution is 2.25. The van der Waals surface area contributed by atoms with E-state index in [1.165, 1.54) is 22.7 Å². The highest BCUT2D eigenvalue weighted by Gasteiger charge is 2.15. The maximum Gasteiger partial charge on any atom is 0.223 e. The van der Waals surface area contributed by atoms with Crippen molar-refractivity contribution in [1.29, 1.82) is 0 Å². The van der Waals surface area contributed by atoms with E-state index in [1.54, 1.807) is 25.5 Å². The molecule has 96 valence electrons. The van der Waals surface area contributed by atoms with E-state index in [-0.39, 0.29) is 11.1 Å². The van der Waals surface area contributed by atoms with Gasteiger partial charge in [0.25, 0.3) is 0 Å². The third-order valence-corrected chi connectivity index (χ3v) is 2.86. The smallest absolute Gasteiger partial charge is 0.223 e. The van der Waals surface area contributed by atoms with Crippen molar-refractivity contribution in [1.82, 2.24) is 14.8 Å². The minimum Gasteiger partial charge on any atom is -0.312 e. The van der Waals surface area contributed by atoms with Gasteiger partial charge in [-0.2, -0.15) is 5.10 Å². The fourth-order valence-corrected chi connectivity index (χ4v) is 1.73. The summed E-state index contributed by atoms with van der Waals surface area (Å²) in [5.41, 5.74) is 1.52. The molecule has 0 aliphatic carbocycles. The van der Waals surface area contributed by atoms with Crippen LogP contribution in [0.4, 0.5) is 11.4 Å². The fraction of sp³-hybridized carbons (Fsp3) is 0.167. The monoisotopic (exact) mass is 275 g/mol. The van der Waals surface area contributed by atoms with Crippen LogP contribution in [0, 0.1) is 6.57 Å². The molecule has 0 saturated heterocycles. The zero-order valence-corrected chi connectivity index (χ0v) is 11.1. The molecule has 7 heteroatoms. The van der Waals surface area contributed by atoms with Gasteiger partial charge in [0.15, 0.2) is 5.15 Å². The Morgan fingerprint density at radius 1 is 1.53 bits per heavy atom. The number of hydrogen-bond donors (Lipinski definition) is 0. The quantitative estimate of drug-likeness (QED) is 0.791. The van der Waals surface area contributed by atoms with Crippen LogP contribution in [0.25, 0.3) is 10.5 Å². The fourth-order valence-electron chi connectivity index (χ4n) is 1.47. The first-order valence-electron chi connectivity index (χ1n) is 5.35. The van der Waals surface area contributed by atoms with Gasteiger partial charge in [-0.25, -0.2) is 9.53 Å². The van der Waals surface area contributed by atoms with Crippen molar-refractivity contribution in [3.63, 3.8) is 0 Å². The van der Waals surface area contributed by atoms with Gasteiger partial charge in [0.2, 0.25) is 11.6 Å². The number of hydrogen-bond acceptors (Lipinski definition) is 3. The Hall–Kier alpha value is -2.39. The van der Waals surface area contributed by atoms with E-state index in [0.29, 0.717) is 17.1 Å². The van der Waals surface area contributed by atoms with Crippen LogP contribution in [0.15, 0.2) is 24.7 Å². The number of halogens is 1. The number of amides is 1. The molecule has 19 heavy (non-hydrogen) atoms. The van der Waals surface area contributed by atoms with Crippen LogP contribution in [0.5, 0.6) is 0 Å². The maximum atomic E-state index is 11.3. The molecule has 2 aromatic heterocycles. The van der Waals surface area contributed by atoms with Crippen molar-refractivity contribution in [2.24, 2.45) is 0 Å². The second kappa shape index (κ2) is 5.08. The zero-order chi connectivity index (χ0) is 14.0. The first kappa shape index (κ1) is 13.1. The molecular formula is C12H10ClN5O. The van der Waals surface area contributed by atoms with E-state index in [9.17, 15) is 4.79 Å². The van der Waals surface area contributed by atoms with Crippen molar-refractivity contribution < 1.29 is 4.79 Å². The Kier molecular flexibility index (Phi) is 3.49. The topological polar surface area (TPSA) is 55.4 Å². The Bertz CT molecular complexity index is 673. The third kappa shape index (κ3) is 2.56. The standard InChI is InChI=1S/C12H10ClN5O/c1-8(19)17(3)11-7-18(16-12(11)13)10-4-9(14-2)5-15-6-10/h4-7H,1,3H3. The second-order valence-corrected chi connectivity index (χ2v) is 4.20. The summed E-state index contributed by atoms with van der Waals surface area (Å²) in [6, 6.07) is 1.64. The van der Waals surface area contributed by atoms with Crippen molar-refractivity contribution in [3.8, 4) is 5.69 Å². The first-order valence-corrected chi connectivity index (χ1v) is 5.73. The summed E-state index contributed by atoms with van der Waals surface area (Å²) in [5.74, 6) is -0.144. The highest BCUT2D eigenvalue weighted by molar-refractivity contribution is 6.32. The Morgan fingerprint density at radius 3 is 2.89 bits per heavy atom.